The van der Waals surface area contributed by atoms with Gasteiger partial charge in [-0.3, -0.25) is 9.78 Å². The van der Waals surface area contributed by atoms with E-state index in [0.717, 1.165) is 0 Å². The van der Waals surface area contributed by atoms with Gasteiger partial charge in [-0.05, 0) is 26.3 Å². The van der Waals surface area contributed by atoms with Gasteiger partial charge in [-0.1, -0.05) is 6.92 Å². The lowest BCUT2D eigenvalue weighted by atomic mass is 9.93. The third kappa shape index (κ3) is 3.03. The lowest BCUT2D eigenvalue weighted by Gasteiger charge is -2.24. The SMILES string of the molecule is CCOc1cncc(C(=O)C(C)(CC)OC)c1. The fourth-order valence-corrected chi connectivity index (χ4v) is 1.49. The predicted octanol–water partition coefficient (Wildman–Crippen LogP) is 2.48. The van der Waals surface area contributed by atoms with Crippen LogP contribution >= 0.6 is 0 Å². The minimum absolute atomic E-state index is 0.0726. The number of Topliss-reactive ketones (excluding diaryl/α,β-unsaturated/α-hetero) is 1. The minimum Gasteiger partial charge on any atom is -0.492 e. The van der Waals surface area contributed by atoms with Crippen molar-refractivity contribution in [2.75, 3.05) is 13.7 Å². The number of aromatic nitrogens is 1. The normalized spacial score (nSPS) is 14.1. The van der Waals surface area contributed by atoms with Crippen LogP contribution in [-0.2, 0) is 4.74 Å². The van der Waals surface area contributed by atoms with Crippen molar-refractivity contribution in [2.45, 2.75) is 32.8 Å². The first-order chi connectivity index (χ1) is 8.07. The molecule has 0 bridgehead atoms. The molecule has 0 aliphatic heterocycles. The molecule has 1 rings (SSSR count). The highest BCUT2D eigenvalue weighted by Crippen LogP contribution is 2.22. The summed E-state index contributed by atoms with van der Waals surface area (Å²) in [4.78, 5) is 16.3. The molecule has 0 N–H and O–H groups in total. The Hall–Kier alpha value is -1.42. The van der Waals surface area contributed by atoms with E-state index in [2.05, 4.69) is 4.98 Å². The summed E-state index contributed by atoms with van der Waals surface area (Å²) in [6.07, 6.45) is 3.75. The van der Waals surface area contributed by atoms with Gasteiger partial charge in [0.2, 0.25) is 0 Å². The minimum atomic E-state index is -0.799. The van der Waals surface area contributed by atoms with Crippen LogP contribution in [0.25, 0.3) is 0 Å². The molecule has 1 aromatic rings. The van der Waals surface area contributed by atoms with Crippen molar-refractivity contribution in [1.82, 2.24) is 4.98 Å². The molecule has 1 atom stereocenters. The summed E-state index contributed by atoms with van der Waals surface area (Å²) in [5, 5.41) is 0. The first-order valence-electron chi connectivity index (χ1n) is 5.75. The van der Waals surface area contributed by atoms with E-state index in [4.69, 9.17) is 9.47 Å². The molecule has 4 heteroatoms. The van der Waals surface area contributed by atoms with Crippen LogP contribution in [0, 0.1) is 0 Å². The molecule has 0 amide bonds. The van der Waals surface area contributed by atoms with Gasteiger partial charge in [0.25, 0.3) is 0 Å². The third-order valence-corrected chi connectivity index (χ3v) is 2.89. The highest BCUT2D eigenvalue weighted by Gasteiger charge is 2.32. The van der Waals surface area contributed by atoms with Gasteiger partial charge in [0.05, 0.1) is 12.8 Å². The molecule has 0 aliphatic rings. The topological polar surface area (TPSA) is 48.4 Å². The number of pyridine rings is 1. The number of rotatable bonds is 6. The summed E-state index contributed by atoms with van der Waals surface area (Å²) in [6, 6.07) is 1.70. The third-order valence-electron chi connectivity index (χ3n) is 2.89. The summed E-state index contributed by atoms with van der Waals surface area (Å²) >= 11 is 0. The van der Waals surface area contributed by atoms with E-state index >= 15 is 0 Å². The molecule has 0 aromatic carbocycles. The van der Waals surface area contributed by atoms with Gasteiger partial charge in [-0.25, -0.2) is 0 Å². The molecule has 0 saturated heterocycles. The van der Waals surface area contributed by atoms with E-state index in [-0.39, 0.29) is 5.78 Å². The van der Waals surface area contributed by atoms with Crippen molar-refractivity contribution < 1.29 is 14.3 Å². The number of carbonyl (C=O) groups is 1. The number of ether oxygens (including phenoxy) is 2. The van der Waals surface area contributed by atoms with Gasteiger partial charge in [-0.2, -0.15) is 0 Å². The lowest BCUT2D eigenvalue weighted by molar-refractivity contribution is 0.0105. The number of hydrogen-bond donors (Lipinski definition) is 0. The van der Waals surface area contributed by atoms with E-state index in [1.165, 1.54) is 6.20 Å². The van der Waals surface area contributed by atoms with Crippen molar-refractivity contribution in [3.05, 3.63) is 24.0 Å². The Kier molecular flexibility index (Phi) is 4.63. The van der Waals surface area contributed by atoms with Crippen LogP contribution in [0.5, 0.6) is 5.75 Å². The molecule has 94 valence electrons. The van der Waals surface area contributed by atoms with Crippen molar-refractivity contribution >= 4 is 5.78 Å². The molecule has 0 spiro atoms. The predicted molar refractivity (Wildman–Crippen MR) is 65.4 cm³/mol. The maximum Gasteiger partial charge on any atom is 0.195 e. The molecule has 1 aromatic heterocycles. The first-order valence-corrected chi connectivity index (χ1v) is 5.75. The van der Waals surface area contributed by atoms with Crippen LogP contribution in [0.3, 0.4) is 0 Å². The van der Waals surface area contributed by atoms with Gasteiger partial charge in [-0.15, -0.1) is 0 Å². The summed E-state index contributed by atoms with van der Waals surface area (Å²) in [6.45, 7) is 6.14. The molecule has 1 unspecified atom stereocenters. The van der Waals surface area contributed by atoms with E-state index in [1.807, 2.05) is 13.8 Å². The second-order valence-electron chi connectivity index (χ2n) is 3.96. The van der Waals surface area contributed by atoms with Crippen molar-refractivity contribution in [1.29, 1.82) is 0 Å². The molecular formula is C13H19NO3. The Morgan fingerprint density at radius 1 is 1.41 bits per heavy atom. The zero-order valence-electron chi connectivity index (χ0n) is 10.8. The van der Waals surface area contributed by atoms with E-state index in [9.17, 15) is 4.79 Å². The zero-order valence-corrected chi connectivity index (χ0v) is 10.8. The van der Waals surface area contributed by atoms with Crippen LogP contribution < -0.4 is 4.74 Å². The van der Waals surface area contributed by atoms with Gasteiger partial charge in [0, 0.05) is 18.9 Å². The quantitative estimate of drug-likeness (QED) is 0.713. The Bertz CT molecular complexity index is 386. The first kappa shape index (κ1) is 13.6. The standard InChI is InChI=1S/C13H19NO3/c1-5-13(3,16-4)12(15)10-7-11(17-6-2)9-14-8-10/h7-9H,5-6H2,1-4H3. The molecule has 0 aliphatic carbocycles. The summed E-state index contributed by atoms with van der Waals surface area (Å²) in [7, 11) is 1.54. The number of hydrogen-bond acceptors (Lipinski definition) is 4. The maximum atomic E-state index is 12.3. The fourth-order valence-electron chi connectivity index (χ4n) is 1.49. The van der Waals surface area contributed by atoms with E-state index in [1.54, 1.807) is 26.3 Å². The van der Waals surface area contributed by atoms with Crippen LogP contribution in [0.2, 0.25) is 0 Å². The highest BCUT2D eigenvalue weighted by atomic mass is 16.5. The van der Waals surface area contributed by atoms with Gasteiger partial charge in [0.15, 0.2) is 5.78 Å². The van der Waals surface area contributed by atoms with Gasteiger partial charge >= 0.3 is 0 Å². The largest absolute Gasteiger partial charge is 0.492 e. The molecular weight excluding hydrogens is 218 g/mol. The van der Waals surface area contributed by atoms with Crippen LogP contribution in [0.15, 0.2) is 18.5 Å². The van der Waals surface area contributed by atoms with Gasteiger partial charge < -0.3 is 9.47 Å². The zero-order chi connectivity index (χ0) is 12.9. The molecule has 0 saturated carbocycles. The number of carbonyl (C=O) groups excluding carboxylic acids is 1. The van der Waals surface area contributed by atoms with Crippen LogP contribution in [0.4, 0.5) is 0 Å². The molecule has 0 fully saturated rings. The Morgan fingerprint density at radius 2 is 2.12 bits per heavy atom. The monoisotopic (exact) mass is 237 g/mol. The molecule has 4 nitrogen and oxygen atoms in total. The molecule has 1 heterocycles. The van der Waals surface area contributed by atoms with Crippen molar-refractivity contribution in [2.24, 2.45) is 0 Å². The summed E-state index contributed by atoms with van der Waals surface area (Å²) in [5.41, 5.74) is -0.283. The Balaban J connectivity index is 2.99. The van der Waals surface area contributed by atoms with Crippen LogP contribution in [-0.4, -0.2) is 30.1 Å². The lowest BCUT2D eigenvalue weighted by Crippen LogP contribution is -2.36. The van der Waals surface area contributed by atoms with E-state index < -0.39 is 5.60 Å². The number of nitrogens with zero attached hydrogens (tertiary/aromatic N) is 1. The highest BCUT2D eigenvalue weighted by molar-refractivity contribution is 6.02. The summed E-state index contributed by atoms with van der Waals surface area (Å²) < 4.78 is 10.6. The van der Waals surface area contributed by atoms with Crippen LogP contribution in [0.1, 0.15) is 37.6 Å². The van der Waals surface area contributed by atoms with Crippen molar-refractivity contribution in [3.8, 4) is 5.75 Å². The smallest absolute Gasteiger partial charge is 0.195 e. The maximum absolute atomic E-state index is 12.3. The second kappa shape index (κ2) is 5.77. The molecule has 17 heavy (non-hydrogen) atoms. The van der Waals surface area contributed by atoms with Crippen molar-refractivity contribution in [3.63, 3.8) is 0 Å². The Labute approximate surface area is 102 Å². The van der Waals surface area contributed by atoms with E-state index in [0.29, 0.717) is 24.3 Å². The average molecular weight is 237 g/mol. The van der Waals surface area contributed by atoms with Gasteiger partial charge in [0.1, 0.15) is 11.4 Å². The second-order valence-corrected chi connectivity index (χ2v) is 3.96. The number of ketones is 1. The average Bonchev–Trinajstić information content (AvgIpc) is 2.37. The number of methoxy groups -OCH3 is 1. The fraction of sp³-hybridized carbons (Fsp3) is 0.538. The summed E-state index contributed by atoms with van der Waals surface area (Å²) in [5.74, 6) is 0.532. The Morgan fingerprint density at radius 3 is 2.65 bits per heavy atom. The molecule has 0 radical (unpaired) electrons.